The van der Waals surface area contributed by atoms with Gasteiger partial charge in [-0.3, -0.25) is 4.79 Å². The van der Waals surface area contributed by atoms with Crippen molar-refractivity contribution in [3.05, 3.63) is 63.1 Å². The number of hydrogen-bond acceptors (Lipinski definition) is 2. The molecule has 2 nitrogen and oxygen atoms in total. The number of nitrogens with two attached hydrogens (primary N) is 1. The van der Waals surface area contributed by atoms with Gasteiger partial charge in [-0.05, 0) is 48.9 Å². The lowest BCUT2D eigenvalue weighted by Gasteiger charge is -2.06. The topological polar surface area (TPSA) is 43.1 Å². The van der Waals surface area contributed by atoms with E-state index in [1.54, 1.807) is 36.4 Å². The van der Waals surface area contributed by atoms with E-state index in [9.17, 15) is 4.79 Å². The number of nitrogen functional groups attached to an aromatic ring is 1. The first-order valence-corrected chi connectivity index (χ1v) is 6.10. The van der Waals surface area contributed by atoms with Gasteiger partial charge in [-0.1, -0.05) is 23.2 Å². The van der Waals surface area contributed by atoms with E-state index < -0.39 is 0 Å². The second-order valence-corrected chi connectivity index (χ2v) is 4.93. The average Bonchev–Trinajstić information content (AvgIpc) is 2.26. The Morgan fingerprint density at radius 1 is 1.11 bits per heavy atom. The molecule has 92 valence electrons. The molecule has 0 saturated carbocycles. The van der Waals surface area contributed by atoms with Gasteiger partial charge in [0.2, 0.25) is 0 Å². The summed E-state index contributed by atoms with van der Waals surface area (Å²) in [5.41, 5.74) is 8.17. The third-order valence-corrected chi connectivity index (χ3v) is 3.09. The number of carbonyl (C=O) groups is 1. The van der Waals surface area contributed by atoms with Gasteiger partial charge in [0.25, 0.3) is 0 Å². The lowest BCUT2D eigenvalue weighted by molar-refractivity contribution is 0.103. The van der Waals surface area contributed by atoms with Crippen LogP contribution in [0.4, 0.5) is 5.69 Å². The van der Waals surface area contributed by atoms with Crippen molar-refractivity contribution in [1.29, 1.82) is 0 Å². The summed E-state index contributed by atoms with van der Waals surface area (Å²) < 4.78 is 0. The van der Waals surface area contributed by atoms with Crippen LogP contribution in [0, 0.1) is 6.92 Å². The van der Waals surface area contributed by atoms with Crippen LogP contribution in [0.1, 0.15) is 21.5 Å². The van der Waals surface area contributed by atoms with Crippen molar-refractivity contribution in [2.45, 2.75) is 6.92 Å². The minimum atomic E-state index is -0.160. The van der Waals surface area contributed by atoms with Crippen molar-refractivity contribution in [1.82, 2.24) is 0 Å². The predicted molar refractivity (Wildman–Crippen MR) is 75.5 cm³/mol. The van der Waals surface area contributed by atoms with Crippen LogP contribution in [0.5, 0.6) is 0 Å². The van der Waals surface area contributed by atoms with Gasteiger partial charge in [0, 0.05) is 21.8 Å². The van der Waals surface area contributed by atoms with E-state index in [0.717, 1.165) is 5.56 Å². The van der Waals surface area contributed by atoms with Gasteiger partial charge in [0.15, 0.2) is 5.78 Å². The van der Waals surface area contributed by atoms with Gasteiger partial charge < -0.3 is 5.73 Å². The minimum Gasteiger partial charge on any atom is -0.399 e. The molecule has 0 unspecified atom stereocenters. The van der Waals surface area contributed by atoms with Crippen molar-refractivity contribution in [3.8, 4) is 0 Å². The van der Waals surface area contributed by atoms with Crippen molar-refractivity contribution in [2.24, 2.45) is 0 Å². The molecule has 0 aliphatic rings. The first-order valence-electron chi connectivity index (χ1n) is 5.34. The van der Waals surface area contributed by atoms with E-state index in [2.05, 4.69) is 0 Å². The van der Waals surface area contributed by atoms with E-state index in [-0.39, 0.29) is 5.78 Å². The van der Waals surface area contributed by atoms with Gasteiger partial charge in [-0.25, -0.2) is 0 Å². The number of carbonyl (C=O) groups excluding carboxylic acids is 1. The second kappa shape index (κ2) is 5.01. The number of hydrogen-bond donors (Lipinski definition) is 1. The highest BCUT2D eigenvalue weighted by atomic mass is 35.5. The maximum atomic E-state index is 12.3. The third kappa shape index (κ3) is 2.66. The minimum absolute atomic E-state index is 0.160. The van der Waals surface area contributed by atoms with Crippen LogP contribution >= 0.6 is 23.2 Å². The van der Waals surface area contributed by atoms with E-state index in [1.165, 1.54) is 0 Å². The molecule has 2 aromatic carbocycles. The molecule has 2 N–H and O–H groups in total. The lowest BCUT2D eigenvalue weighted by atomic mass is 10.0. The number of rotatable bonds is 2. The maximum Gasteiger partial charge on any atom is 0.194 e. The molecule has 0 heterocycles. The Balaban J connectivity index is 2.47. The van der Waals surface area contributed by atoms with E-state index in [0.29, 0.717) is 26.9 Å². The van der Waals surface area contributed by atoms with E-state index in [4.69, 9.17) is 28.9 Å². The summed E-state index contributed by atoms with van der Waals surface area (Å²) >= 11 is 11.8. The Kier molecular flexibility index (Phi) is 3.60. The lowest BCUT2D eigenvalue weighted by Crippen LogP contribution is -2.03. The number of halogens is 2. The Labute approximate surface area is 115 Å². The average molecular weight is 280 g/mol. The van der Waals surface area contributed by atoms with Crippen LogP contribution in [-0.2, 0) is 0 Å². The van der Waals surface area contributed by atoms with Gasteiger partial charge >= 0.3 is 0 Å². The molecule has 0 radical (unpaired) electrons. The maximum absolute atomic E-state index is 12.3. The second-order valence-electron chi connectivity index (χ2n) is 4.09. The molecule has 2 rings (SSSR count). The van der Waals surface area contributed by atoms with Crippen LogP contribution in [-0.4, -0.2) is 5.78 Å². The van der Waals surface area contributed by atoms with E-state index >= 15 is 0 Å². The normalized spacial score (nSPS) is 10.4. The highest BCUT2D eigenvalue weighted by molar-refractivity contribution is 6.37. The summed E-state index contributed by atoms with van der Waals surface area (Å²) in [4.78, 5) is 12.3. The fourth-order valence-electron chi connectivity index (χ4n) is 1.77. The zero-order valence-corrected chi connectivity index (χ0v) is 11.2. The summed E-state index contributed by atoms with van der Waals surface area (Å²) in [5.74, 6) is -0.160. The zero-order valence-electron chi connectivity index (χ0n) is 9.71. The molecule has 0 saturated heterocycles. The number of ketones is 1. The van der Waals surface area contributed by atoms with Crippen LogP contribution in [0.2, 0.25) is 10.0 Å². The predicted octanol–water partition coefficient (Wildman–Crippen LogP) is 4.12. The van der Waals surface area contributed by atoms with Gasteiger partial charge in [-0.15, -0.1) is 0 Å². The summed E-state index contributed by atoms with van der Waals surface area (Å²) in [7, 11) is 0. The smallest absolute Gasteiger partial charge is 0.194 e. The van der Waals surface area contributed by atoms with Crippen LogP contribution in [0.25, 0.3) is 0 Å². The molecule has 0 amide bonds. The largest absolute Gasteiger partial charge is 0.399 e. The van der Waals surface area contributed by atoms with Crippen LogP contribution < -0.4 is 5.73 Å². The Hall–Kier alpha value is -1.51. The van der Waals surface area contributed by atoms with Gasteiger partial charge in [-0.2, -0.15) is 0 Å². The Morgan fingerprint density at radius 2 is 1.83 bits per heavy atom. The number of anilines is 1. The third-order valence-electron chi connectivity index (χ3n) is 2.54. The quantitative estimate of drug-likeness (QED) is 0.664. The molecule has 0 aliphatic carbocycles. The fraction of sp³-hybridized carbons (Fsp3) is 0.0714. The molecule has 0 bridgehead atoms. The van der Waals surface area contributed by atoms with E-state index in [1.807, 2.05) is 6.92 Å². The highest BCUT2D eigenvalue weighted by Gasteiger charge is 2.13. The molecule has 0 aromatic heterocycles. The molecule has 0 fully saturated rings. The summed E-state index contributed by atoms with van der Waals surface area (Å²) in [6.45, 7) is 1.89. The van der Waals surface area contributed by atoms with Crippen LogP contribution in [0.15, 0.2) is 36.4 Å². The van der Waals surface area contributed by atoms with Gasteiger partial charge in [0.1, 0.15) is 0 Å². The monoisotopic (exact) mass is 279 g/mol. The molecule has 18 heavy (non-hydrogen) atoms. The van der Waals surface area contributed by atoms with Crippen molar-refractivity contribution >= 4 is 34.7 Å². The SMILES string of the molecule is Cc1cc(N)cc(C(=O)c2ccc(Cl)cc2Cl)c1. The van der Waals surface area contributed by atoms with Crippen LogP contribution in [0.3, 0.4) is 0 Å². The molecule has 0 atom stereocenters. The van der Waals surface area contributed by atoms with Gasteiger partial charge in [0.05, 0.1) is 5.02 Å². The number of aryl methyl sites for hydroxylation is 1. The Bertz CT molecular complexity index is 603. The fourth-order valence-corrected chi connectivity index (χ4v) is 2.27. The summed E-state index contributed by atoms with van der Waals surface area (Å²) in [6.07, 6.45) is 0. The standard InChI is InChI=1S/C14H11Cl2NO/c1-8-4-9(6-11(17)5-8)14(18)12-3-2-10(15)7-13(12)16/h2-7H,17H2,1H3. The Morgan fingerprint density at radius 3 is 2.44 bits per heavy atom. The molecule has 0 spiro atoms. The highest BCUT2D eigenvalue weighted by Crippen LogP contribution is 2.24. The van der Waals surface area contributed by atoms with Crippen molar-refractivity contribution in [2.75, 3.05) is 5.73 Å². The summed E-state index contributed by atoms with van der Waals surface area (Å²) in [5, 5.41) is 0.841. The molecular weight excluding hydrogens is 269 g/mol. The van der Waals surface area contributed by atoms with Crippen molar-refractivity contribution < 1.29 is 4.79 Å². The summed E-state index contributed by atoms with van der Waals surface area (Å²) in [6, 6.07) is 10.0. The first kappa shape index (κ1) is 12.9. The molecule has 0 aliphatic heterocycles. The molecular formula is C14H11Cl2NO. The van der Waals surface area contributed by atoms with Crippen molar-refractivity contribution in [3.63, 3.8) is 0 Å². The zero-order chi connectivity index (χ0) is 13.3. The molecule has 2 aromatic rings. The number of benzene rings is 2. The molecule has 4 heteroatoms. The first-order chi connectivity index (χ1) is 8.47.